The number of anilines is 1. The largest absolute Gasteiger partial charge is 0.490 e. The summed E-state index contributed by atoms with van der Waals surface area (Å²) in [5.41, 5.74) is 2.91. The number of halogens is 3. The predicted molar refractivity (Wildman–Crippen MR) is 188 cm³/mol. The molecule has 3 heterocycles. The fourth-order valence-electron chi connectivity index (χ4n) is 7.55. The average molecular weight is 680 g/mol. The van der Waals surface area contributed by atoms with Crippen molar-refractivity contribution in [3.63, 3.8) is 0 Å². The molecule has 3 saturated heterocycles. The lowest BCUT2D eigenvalue weighted by molar-refractivity contribution is 0.0595. The first kappa shape index (κ1) is 36.6. The van der Waals surface area contributed by atoms with Crippen molar-refractivity contribution in [2.45, 2.75) is 83.8 Å². The monoisotopic (exact) mass is 678 g/mol. The van der Waals surface area contributed by atoms with Crippen LogP contribution >= 0.6 is 24.8 Å². The number of benzene rings is 2. The molecule has 4 fully saturated rings. The average Bonchev–Trinajstić information content (AvgIpc) is 3.55. The third kappa shape index (κ3) is 8.80. The van der Waals surface area contributed by atoms with Gasteiger partial charge in [0.2, 0.25) is 0 Å². The lowest BCUT2D eigenvalue weighted by Crippen LogP contribution is -2.44. The molecule has 0 bridgehead atoms. The Hall–Kier alpha value is -2.26. The third-order valence-corrected chi connectivity index (χ3v) is 10.4. The smallest absolute Gasteiger partial charge is 0.253 e. The van der Waals surface area contributed by atoms with E-state index in [9.17, 15) is 9.18 Å². The summed E-state index contributed by atoms with van der Waals surface area (Å²) in [6, 6.07) is 11.2. The molecule has 2 aromatic carbocycles. The number of nitrogens with zero attached hydrogens (tertiary/aromatic N) is 2. The Labute approximate surface area is 287 Å². The highest BCUT2D eigenvalue weighted by Crippen LogP contribution is 2.45. The van der Waals surface area contributed by atoms with Gasteiger partial charge in [-0.2, -0.15) is 0 Å². The second-order valence-corrected chi connectivity index (χ2v) is 14.4. The van der Waals surface area contributed by atoms with Crippen molar-refractivity contribution in [2.75, 3.05) is 57.3 Å². The predicted octanol–water partition coefficient (Wildman–Crippen LogP) is 6.82. The number of carbonyl (C=O) groups excluding carboxylic acids is 1. The van der Waals surface area contributed by atoms with Crippen LogP contribution in [0.15, 0.2) is 36.4 Å². The van der Waals surface area contributed by atoms with Crippen molar-refractivity contribution < 1.29 is 18.7 Å². The fraction of sp³-hybridized carbons (Fsp3) is 0.639. The Bertz CT molecular complexity index is 1280. The van der Waals surface area contributed by atoms with Crippen LogP contribution in [0.3, 0.4) is 0 Å². The summed E-state index contributed by atoms with van der Waals surface area (Å²) in [4.78, 5) is 17.8. The molecule has 0 aromatic heterocycles. The summed E-state index contributed by atoms with van der Waals surface area (Å²) in [6.07, 6.45) is 7.44. The second-order valence-electron chi connectivity index (χ2n) is 14.4. The van der Waals surface area contributed by atoms with Crippen molar-refractivity contribution in [1.29, 1.82) is 0 Å². The van der Waals surface area contributed by atoms with Crippen LogP contribution in [0.2, 0.25) is 0 Å². The van der Waals surface area contributed by atoms with Crippen molar-refractivity contribution in [3.05, 3.63) is 53.3 Å². The maximum Gasteiger partial charge on any atom is 0.253 e. The molecule has 1 saturated carbocycles. The Morgan fingerprint density at radius 2 is 1.52 bits per heavy atom. The minimum atomic E-state index is -0.211. The summed E-state index contributed by atoms with van der Waals surface area (Å²) in [7, 11) is 0. The van der Waals surface area contributed by atoms with Gasteiger partial charge in [-0.05, 0) is 91.8 Å². The molecule has 1 atom stereocenters. The molecule has 10 heteroatoms. The van der Waals surface area contributed by atoms with Gasteiger partial charge in [-0.25, -0.2) is 4.39 Å². The van der Waals surface area contributed by atoms with Crippen molar-refractivity contribution in [1.82, 2.24) is 15.5 Å². The molecular formula is C36H53Cl2FN4O3. The van der Waals surface area contributed by atoms with E-state index >= 15 is 0 Å². The second kappa shape index (κ2) is 16.2. The van der Waals surface area contributed by atoms with E-state index in [1.807, 2.05) is 17.0 Å². The molecule has 3 aliphatic heterocycles. The summed E-state index contributed by atoms with van der Waals surface area (Å²) >= 11 is 0. The standard InChI is InChI=1S/C36H51FN4O3.2ClH/c1-36(2,3)27-7-4-25(5-8-27)31-22-26(6-11-34(31)44-30-12-15-39-24-30)35(42)41-18-13-28(14-19-41)43-29-9-10-32(37)33(23-29)40-20-16-38-17-21-40;;/h6,9-11,22-23,25,27-28,30,38-39H,4-5,7-8,12-21,24H2,1-3H3;2*1H/t25?,27?,30-;;/m0../s1. The Kier molecular flexibility index (Phi) is 12.9. The minimum Gasteiger partial charge on any atom is -0.490 e. The summed E-state index contributed by atoms with van der Waals surface area (Å²) in [6.45, 7) is 13.5. The van der Waals surface area contributed by atoms with Gasteiger partial charge in [-0.3, -0.25) is 4.79 Å². The Morgan fingerprint density at radius 3 is 2.17 bits per heavy atom. The Balaban J connectivity index is 0.00000240. The van der Waals surface area contributed by atoms with Crippen molar-refractivity contribution in [2.24, 2.45) is 11.3 Å². The highest BCUT2D eigenvalue weighted by molar-refractivity contribution is 5.94. The molecule has 0 radical (unpaired) electrons. The molecule has 2 aromatic rings. The lowest BCUT2D eigenvalue weighted by Gasteiger charge is -2.37. The number of piperidine rings is 1. The number of hydrogen-bond donors (Lipinski definition) is 2. The van der Waals surface area contributed by atoms with Gasteiger partial charge in [0.1, 0.15) is 29.5 Å². The summed E-state index contributed by atoms with van der Waals surface area (Å²) < 4.78 is 27.4. The zero-order valence-electron chi connectivity index (χ0n) is 27.7. The van der Waals surface area contributed by atoms with E-state index in [0.717, 1.165) is 88.6 Å². The van der Waals surface area contributed by atoms with Crippen LogP contribution in [0, 0.1) is 17.2 Å². The van der Waals surface area contributed by atoms with Crippen LogP contribution in [0.4, 0.5) is 10.1 Å². The van der Waals surface area contributed by atoms with Gasteiger partial charge in [0.05, 0.1) is 5.69 Å². The Morgan fingerprint density at radius 1 is 0.804 bits per heavy atom. The summed E-state index contributed by atoms with van der Waals surface area (Å²) in [5, 5.41) is 6.72. The van der Waals surface area contributed by atoms with Crippen molar-refractivity contribution in [3.8, 4) is 11.5 Å². The van der Waals surface area contributed by atoms with Crippen LogP contribution in [-0.2, 0) is 0 Å². The van der Waals surface area contributed by atoms with E-state index in [0.29, 0.717) is 35.9 Å². The highest BCUT2D eigenvalue weighted by Gasteiger charge is 2.33. The molecule has 2 N–H and O–H groups in total. The van der Waals surface area contributed by atoms with E-state index in [1.54, 1.807) is 6.07 Å². The first-order valence-corrected chi connectivity index (χ1v) is 17.0. The zero-order chi connectivity index (χ0) is 30.7. The molecule has 46 heavy (non-hydrogen) atoms. The molecule has 7 nitrogen and oxygen atoms in total. The third-order valence-electron chi connectivity index (χ3n) is 10.4. The first-order chi connectivity index (χ1) is 21.2. The molecule has 0 unspecified atom stereocenters. The maximum absolute atomic E-state index is 14.6. The topological polar surface area (TPSA) is 66.1 Å². The van der Waals surface area contributed by atoms with Gasteiger partial charge in [0.25, 0.3) is 5.91 Å². The quantitative estimate of drug-likeness (QED) is 0.335. The maximum atomic E-state index is 14.6. The molecule has 6 rings (SSSR count). The molecule has 4 aliphatic rings. The number of ether oxygens (including phenoxy) is 2. The zero-order valence-corrected chi connectivity index (χ0v) is 29.3. The number of carbonyl (C=O) groups is 1. The van der Waals surface area contributed by atoms with E-state index < -0.39 is 0 Å². The van der Waals surface area contributed by atoms with Crippen LogP contribution in [0.1, 0.15) is 87.6 Å². The van der Waals surface area contributed by atoms with Crippen LogP contribution in [0.5, 0.6) is 11.5 Å². The molecule has 1 amide bonds. The van der Waals surface area contributed by atoms with E-state index in [2.05, 4.69) is 48.4 Å². The van der Waals surface area contributed by atoms with Gasteiger partial charge < -0.3 is 29.9 Å². The molecule has 0 spiro atoms. The van der Waals surface area contributed by atoms with Gasteiger partial charge in [0.15, 0.2) is 0 Å². The SMILES string of the molecule is CC(C)(C)C1CCC(c2cc(C(=O)N3CCC(Oc4ccc(F)c(N5CCNCC5)c4)CC3)ccc2O[C@H]2CCNC2)CC1.Cl.Cl. The minimum absolute atomic E-state index is 0. The number of amides is 1. The summed E-state index contributed by atoms with van der Waals surface area (Å²) in [5.74, 6) is 2.69. The lowest BCUT2D eigenvalue weighted by atomic mass is 9.68. The van der Waals surface area contributed by atoms with Crippen LogP contribution < -0.4 is 25.0 Å². The number of piperazine rings is 1. The number of nitrogens with one attached hydrogen (secondary N) is 2. The normalized spacial score (nSPS) is 24.1. The number of rotatable bonds is 7. The van der Waals surface area contributed by atoms with Gasteiger partial charge >= 0.3 is 0 Å². The van der Waals surface area contributed by atoms with E-state index in [4.69, 9.17) is 9.47 Å². The highest BCUT2D eigenvalue weighted by atomic mass is 35.5. The van der Waals surface area contributed by atoms with E-state index in [-0.39, 0.29) is 48.7 Å². The van der Waals surface area contributed by atoms with Gasteiger partial charge in [-0.1, -0.05) is 20.8 Å². The number of hydrogen-bond acceptors (Lipinski definition) is 6. The molecular weight excluding hydrogens is 626 g/mol. The molecule has 256 valence electrons. The fourth-order valence-corrected chi connectivity index (χ4v) is 7.55. The van der Waals surface area contributed by atoms with Crippen molar-refractivity contribution >= 4 is 36.4 Å². The van der Waals surface area contributed by atoms with Crippen LogP contribution in [0.25, 0.3) is 0 Å². The van der Waals surface area contributed by atoms with Gasteiger partial charge in [0, 0.05) is 70.3 Å². The first-order valence-electron chi connectivity index (χ1n) is 17.0. The van der Waals surface area contributed by atoms with E-state index in [1.165, 1.54) is 24.5 Å². The van der Waals surface area contributed by atoms with Crippen LogP contribution in [-0.4, -0.2) is 75.4 Å². The molecule has 1 aliphatic carbocycles. The van der Waals surface area contributed by atoms with Gasteiger partial charge in [-0.15, -0.1) is 24.8 Å². The number of likely N-dealkylation sites (tertiary alicyclic amines) is 1.